The highest BCUT2D eigenvalue weighted by Gasteiger charge is 2.46. The lowest BCUT2D eigenvalue weighted by molar-refractivity contribution is -0.142. The highest BCUT2D eigenvalue weighted by Crippen LogP contribution is 2.47. The number of likely N-dealkylation sites (N-methyl/N-ethyl adjacent to an activating group) is 1. The Balaban J connectivity index is 1.42. The summed E-state index contributed by atoms with van der Waals surface area (Å²) in [5.41, 5.74) is 2.00. The molecule has 0 spiro atoms. The van der Waals surface area contributed by atoms with Gasteiger partial charge in [0.25, 0.3) is 0 Å². The number of nitrogens with zero attached hydrogens (tertiary/aromatic N) is 1. The van der Waals surface area contributed by atoms with Crippen LogP contribution in [0.5, 0.6) is 5.75 Å². The molecule has 182 valence electrons. The number of fused-ring (bicyclic) bond motifs is 3. The molecule has 34 heavy (non-hydrogen) atoms. The molecular weight excluding hydrogens is 441 g/mol. The molecule has 0 saturated carbocycles. The molecule has 0 radical (unpaired) electrons. The standard InChI is InChI=1S/C25H30FN3O5/c1-29(2)13-24(32)28-16-7-8-21-18(9-16)19-10-17(33-22(14-30)25(19)34-21)11-23(31)27-12-15-5-3-4-6-20(15)26/h3-9,17,19,22,25,30H,10-14H2,1-2H3,(H,27,31)(H,28,32)/t17-,19+,22+,25-/m1/s1. The van der Waals surface area contributed by atoms with Gasteiger partial charge in [0.2, 0.25) is 11.8 Å². The second-order valence-electron chi connectivity index (χ2n) is 9.01. The van der Waals surface area contributed by atoms with E-state index < -0.39 is 12.2 Å². The maximum absolute atomic E-state index is 13.8. The zero-order valence-electron chi connectivity index (χ0n) is 19.3. The van der Waals surface area contributed by atoms with Crippen molar-refractivity contribution in [1.29, 1.82) is 0 Å². The molecule has 1 saturated heterocycles. The van der Waals surface area contributed by atoms with Crippen LogP contribution >= 0.6 is 0 Å². The second-order valence-corrected chi connectivity index (χ2v) is 9.01. The lowest BCUT2D eigenvalue weighted by atomic mass is 9.84. The number of carbonyl (C=O) groups is 2. The number of amides is 2. The molecule has 4 atom stereocenters. The van der Waals surface area contributed by atoms with Crippen LogP contribution in [0.2, 0.25) is 0 Å². The lowest BCUT2D eigenvalue weighted by Crippen LogP contribution is -2.47. The molecule has 0 bridgehead atoms. The van der Waals surface area contributed by atoms with Crippen LogP contribution in [0.4, 0.5) is 10.1 Å². The van der Waals surface area contributed by atoms with Crippen molar-refractivity contribution in [2.24, 2.45) is 0 Å². The van der Waals surface area contributed by atoms with E-state index in [0.717, 1.165) is 5.56 Å². The van der Waals surface area contributed by atoms with E-state index in [1.54, 1.807) is 29.2 Å². The zero-order chi connectivity index (χ0) is 24.2. The summed E-state index contributed by atoms with van der Waals surface area (Å²) in [6.07, 6.45) is -0.771. The SMILES string of the molecule is CN(C)CC(=O)Nc1ccc2c(c1)[C@@H]1C[C@H](CC(=O)NCc3ccccc3F)O[C@@H](CO)[C@@H]1O2. The summed E-state index contributed by atoms with van der Waals surface area (Å²) < 4.78 is 25.9. The maximum Gasteiger partial charge on any atom is 0.238 e. The third-order valence-electron chi connectivity index (χ3n) is 6.09. The molecule has 0 aliphatic carbocycles. The number of nitrogens with one attached hydrogen (secondary N) is 2. The molecule has 2 aromatic carbocycles. The Kier molecular flexibility index (Phi) is 7.45. The predicted octanol–water partition coefficient (Wildman–Crippen LogP) is 2.03. The smallest absolute Gasteiger partial charge is 0.238 e. The van der Waals surface area contributed by atoms with Gasteiger partial charge in [-0.1, -0.05) is 18.2 Å². The van der Waals surface area contributed by atoms with Crippen LogP contribution in [-0.2, 0) is 20.9 Å². The van der Waals surface area contributed by atoms with Gasteiger partial charge < -0.3 is 30.1 Å². The van der Waals surface area contributed by atoms with E-state index in [2.05, 4.69) is 10.6 Å². The zero-order valence-corrected chi connectivity index (χ0v) is 19.3. The van der Waals surface area contributed by atoms with Crippen LogP contribution in [0.3, 0.4) is 0 Å². The third kappa shape index (κ3) is 5.55. The quantitative estimate of drug-likeness (QED) is 0.545. The molecule has 9 heteroatoms. The highest BCUT2D eigenvalue weighted by molar-refractivity contribution is 5.92. The number of aliphatic hydroxyl groups is 1. The van der Waals surface area contributed by atoms with Crippen molar-refractivity contribution in [2.75, 3.05) is 32.6 Å². The number of carbonyl (C=O) groups excluding carboxylic acids is 2. The summed E-state index contributed by atoms with van der Waals surface area (Å²) in [7, 11) is 3.65. The van der Waals surface area contributed by atoms with Crippen LogP contribution in [0, 0.1) is 5.82 Å². The van der Waals surface area contributed by atoms with Gasteiger partial charge in [-0.3, -0.25) is 9.59 Å². The Hall–Kier alpha value is -3.01. The third-order valence-corrected chi connectivity index (χ3v) is 6.09. The fourth-order valence-corrected chi connectivity index (χ4v) is 4.57. The van der Waals surface area contributed by atoms with E-state index in [0.29, 0.717) is 23.4 Å². The molecule has 2 aliphatic rings. The minimum atomic E-state index is -0.581. The van der Waals surface area contributed by atoms with E-state index >= 15 is 0 Å². The number of anilines is 1. The largest absolute Gasteiger partial charge is 0.487 e. The first-order valence-corrected chi connectivity index (χ1v) is 11.4. The van der Waals surface area contributed by atoms with Crippen LogP contribution in [0.15, 0.2) is 42.5 Å². The van der Waals surface area contributed by atoms with E-state index in [-0.39, 0.29) is 55.8 Å². The summed E-state index contributed by atoms with van der Waals surface area (Å²) in [4.78, 5) is 26.5. The van der Waals surface area contributed by atoms with Gasteiger partial charge in [0.15, 0.2) is 0 Å². The molecule has 2 aromatic rings. The number of benzene rings is 2. The van der Waals surface area contributed by atoms with Crippen molar-refractivity contribution < 1.29 is 28.6 Å². The predicted molar refractivity (Wildman–Crippen MR) is 124 cm³/mol. The molecule has 8 nitrogen and oxygen atoms in total. The number of hydrogen-bond donors (Lipinski definition) is 3. The molecular formula is C25H30FN3O5. The van der Waals surface area contributed by atoms with Crippen molar-refractivity contribution >= 4 is 17.5 Å². The molecule has 0 aromatic heterocycles. The summed E-state index contributed by atoms with van der Waals surface area (Å²) in [6, 6.07) is 11.8. The summed E-state index contributed by atoms with van der Waals surface area (Å²) in [6.45, 7) is 0.120. The highest BCUT2D eigenvalue weighted by atomic mass is 19.1. The fourth-order valence-electron chi connectivity index (χ4n) is 4.57. The number of aliphatic hydroxyl groups excluding tert-OH is 1. The van der Waals surface area contributed by atoms with E-state index in [1.165, 1.54) is 6.07 Å². The fraction of sp³-hybridized carbons (Fsp3) is 0.440. The minimum Gasteiger partial charge on any atom is -0.487 e. The van der Waals surface area contributed by atoms with Crippen molar-refractivity contribution in [1.82, 2.24) is 10.2 Å². The molecule has 2 heterocycles. The van der Waals surface area contributed by atoms with Crippen LogP contribution in [-0.4, -0.2) is 67.4 Å². The lowest BCUT2D eigenvalue weighted by Gasteiger charge is -2.37. The van der Waals surface area contributed by atoms with Gasteiger partial charge in [-0.25, -0.2) is 4.39 Å². The summed E-state index contributed by atoms with van der Waals surface area (Å²) in [5, 5.41) is 15.5. The van der Waals surface area contributed by atoms with Crippen LogP contribution in [0.1, 0.15) is 29.9 Å². The first-order valence-electron chi connectivity index (χ1n) is 11.4. The first-order chi connectivity index (χ1) is 16.3. The molecule has 1 fully saturated rings. The molecule has 0 unspecified atom stereocenters. The summed E-state index contributed by atoms with van der Waals surface area (Å²) >= 11 is 0. The van der Waals surface area contributed by atoms with Gasteiger partial charge in [0.1, 0.15) is 23.8 Å². The van der Waals surface area contributed by atoms with Gasteiger partial charge in [0, 0.05) is 29.3 Å². The van der Waals surface area contributed by atoms with Gasteiger partial charge in [-0.2, -0.15) is 0 Å². The average Bonchev–Trinajstić information content (AvgIpc) is 3.15. The van der Waals surface area contributed by atoms with Gasteiger partial charge in [0.05, 0.1) is 25.7 Å². The van der Waals surface area contributed by atoms with Gasteiger partial charge in [-0.05, 0) is 44.8 Å². The minimum absolute atomic E-state index is 0.0861. The Morgan fingerprint density at radius 2 is 1.97 bits per heavy atom. The molecule has 2 amide bonds. The van der Waals surface area contributed by atoms with E-state index in [1.807, 2.05) is 26.2 Å². The monoisotopic (exact) mass is 471 g/mol. The molecule has 3 N–H and O–H groups in total. The second kappa shape index (κ2) is 10.5. The first kappa shape index (κ1) is 24.1. The number of rotatable bonds is 8. The Morgan fingerprint density at radius 3 is 2.71 bits per heavy atom. The summed E-state index contributed by atoms with van der Waals surface area (Å²) in [5.74, 6) is -0.145. The van der Waals surface area contributed by atoms with Gasteiger partial charge in [-0.15, -0.1) is 0 Å². The van der Waals surface area contributed by atoms with E-state index in [4.69, 9.17) is 9.47 Å². The molecule has 2 aliphatic heterocycles. The average molecular weight is 472 g/mol. The van der Waals surface area contributed by atoms with E-state index in [9.17, 15) is 19.1 Å². The van der Waals surface area contributed by atoms with Crippen LogP contribution in [0.25, 0.3) is 0 Å². The normalized spacial score (nSPS) is 23.1. The number of ether oxygens (including phenoxy) is 2. The Bertz CT molecular complexity index is 1050. The maximum atomic E-state index is 13.8. The van der Waals surface area contributed by atoms with Crippen molar-refractivity contribution in [3.8, 4) is 5.75 Å². The van der Waals surface area contributed by atoms with Crippen molar-refractivity contribution in [3.05, 3.63) is 59.4 Å². The Morgan fingerprint density at radius 1 is 1.18 bits per heavy atom. The number of halogens is 1. The topological polar surface area (TPSA) is 100 Å². The number of hydrogen-bond acceptors (Lipinski definition) is 6. The van der Waals surface area contributed by atoms with Crippen molar-refractivity contribution in [3.63, 3.8) is 0 Å². The molecule has 4 rings (SSSR count). The van der Waals surface area contributed by atoms with Crippen molar-refractivity contribution in [2.45, 2.75) is 43.6 Å². The Labute approximate surface area is 198 Å². The van der Waals surface area contributed by atoms with Crippen LogP contribution < -0.4 is 15.4 Å². The van der Waals surface area contributed by atoms with Gasteiger partial charge >= 0.3 is 0 Å².